The van der Waals surface area contributed by atoms with Crippen LogP contribution in [0.15, 0.2) is 48.5 Å². The predicted molar refractivity (Wildman–Crippen MR) is 108 cm³/mol. The van der Waals surface area contributed by atoms with Crippen LogP contribution < -0.4 is 14.4 Å². The summed E-state index contributed by atoms with van der Waals surface area (Å²) in [6.07, 6.45) is 1.09. The van der Waals surface area contributed by atoms with Gasteiger partial charge in [-0.1, -0.05) is 24.3 Å². The average Bonchev–Trinajstić information content (AvgIpc) is 2.57. The molecule has 0 radical (unpaired) electrons. The Bertz CT molecular complexity index is 862. The highest BCUT2D eigenvalue weighted by atomic mass is 32.2. The number of amides is 1. The van der Waals surface area contributed by atoms with E-state index in [4.69, 9.17) is 4.74 Å². The lowest BCUT2D eigenvalue weighted by Crippen LogP contribution is -2.48. The number of hydrogen-bond acceptors (Lipinski definition) is 4. The van der Waals surface area contributed by atoms with E-state index in [1.165, 1.54) is 0 Å². The fourth-order valence-electron chi connectivity index (χ4n) is 2.89. The van der Waals surface area contributed by atoms with Crippen LogP contribution in [0, 0.1) is 13.8 Å². The summed E-state index contributed by atoms with van der Waals surface area (Å²) in [5.74, 6) is 0.366. The molecule has 1 N–H and O–H groups in total. The van der Waals surface area contributed by atoms with Gasteiger partial charge in [0.05, 0.1) is 18.5 Å². The highest BCUT2D eigenvalue weighted by Gasteiger charge is 2.28. The summed E-state index contributed by atoms with van der Waals surface area (Å²) in [6, 6.07) is 13.6. The molecule has 0 bridgehead atoms. The smallest absolute Gasteiger partial charge is 0.243 e. The van der Waals surface area contributed by atoms with Gasteiger partial charge in [-0.2, -0.15) is 0 Å². The minimum absolute atomic E-state index is 0.280. The number of carbonyl (C=O) groups excluding carboxylic acids is 1. The van der Waals surface area contributed by atoms with Crippen LogP contribution >= 0.6 is 0 Å². The lowest BCUT2D eigenvalue weighted by Gasteiger charge is -2.28. The predicted octanol–water partition coefficient (Wildman–Crippen LogP) is 2.65. The second-order valence-electron chi connectivity index (χ2n) is 6.53. The number of nitrogens with one attached hydrogen (secondary N) is 1. The summed E-state index contributed by atoms with van der Waals surface area (Å²) < 4.78 is 31.1. The summed E-state index contributed by atoms with van der Waals surface area (Å²) in [4.78, 5) is 12.5. The molecule has 0 fully saturated rings. The maximum atomic E-state index is 12.5. The number of rotatable bonds is 8. The molecule has 2 aromatic rings. The second-order valence-corrected chi connectivity index (χ2v) is 8.39. The van der Waals surface area contributed by atoms with E-state index < -0.39 is 16.1 Å². The molecular formula is C20H26N2O4S. The van der Waals surface area contributed by atoms with E-state index in [9.17, 15) is 13.2 Å². The molecule has 2 aromatic carbocycles. The number of nitrogens with zero attached hydrogens (tertiary/aromatic N) is 1. The SMILES string of the molecule is Cc1cc(C)cc(OCCNC(=O)[C@H](C)N(c2ccccc2)S(C)(=O)=O)c1. The first-order valence-corrected chi connectivity index (χ1v) is 10.6. The zero-order valence-corrected chi connectivity index (χ0v) is 16.9. The largest absolute Gasteiger partial charge is 0.492 e. The summed E-state index contributed by atoms with van der Waals surface area (Å²) in [7, 11) is -3.60. The van der Waals surface area contributed by atoms with Crippen LogP contribution in [0.5, 0.6) is 5.75 Å². The van der Waals surface area contributed by atoms with E-state index in [-0.39, 0.29) is 12.5 Å². The molecule has 27 heavy (non-hydrogen) atoms. The van der Waals surface area contributed by atoms with E-state index in [2.05, 4.69) is 11.4 Å². The van der Waals surface area contributed by atoms with E-state index in [0.717, 1.165) is 27.4 Å². The lowest BCUT2D eigenvalue weighted by molar-refractivity contribution is -0.121. The molecule has 0 aliphatic rings. The van der Waals surface area contributed by atoms with Crippen molar-refractivity contribution >= 4 is 21.6 Å². The Morgan fingerprint density at radius 2 is 1.70 bits per heavy atom. The Hall–Kier alpha value is -2.54. The van der Waals surface area contributed by atoms with Crippen LogP contribution in [0.25, 0.3) is 0 Å². The molecule has 0 aliphatic carbocycles. The van der Waals surface area contributed by atoms with Crippen LogP contribution in [0.1, 0.15) is 18.1 Å². The molecule has 146 valence electrons. The third kappa shape index (κ3) is 5.99. The van der Waals surface area contributed by atoms with Crippen molar-refractivity contribution in [2.24, 2.45) is 0 Å². The Kier molecular flexibility index (Phi) is 6.85. The summed E-state index contributed by atoms with van der Waals surface area (Å²) in [5, 5.41) is 2.73. The summed E-state index contributed by atoms with van der Waals surface area (Å²) in [6.45, 7) is 6.13. The Morgan fingerprint density at radius 1 is 1.11 bits per heavy atom. The van der Waals surface area contributed by atoms with Crippen molar-refractivity contribution in [1.82, 2.24) is 5.32 Å². The third-order valence-corrected chi connectivity index (χ3v) is 5.21. The molecule has 0 spiro atoms. The standard InChI is InChI=1S/C20H26N2O4S/c1-15-12-16(2)14-19(13-15)26-11-10-21-20(23)17(3)22(27(4,24)25)18-8-6-5-7-9-18/h5-9,12-14,17H,10-11H2,1-4H3,(H,21,23)/t17-/m0/s1. The molecule has 2 rings (SSSR count). The maximum absolute atomic E-state index is 12.5. The van der Waals surface area contributed by atoms with Crippen LogP contribution in [0.2, 0.25) is 0 Å². The number of carbonyl (C=O) groups is 1. The first-order valence-electron chi connectivity index (χ1n) is 8.72. The van der Waals surface area contributed by atoms with Crippen molar-refractivity contribution in [2.45, 2.75) is 26.8 Å². The van der Waals surface area contributed by atoms with Crippen molar-refractivity contribution < 1.29 is 17.9 Å². The van der Waals surface area contributed by atoms with Gasteiger partial charge in [0.25, 0.3) is 0 Å². The van der Waals surface area contributed by atoms with Gasteiger partial charge < -0.3 is 10.1 Å². The molecule has 1 atom stereocenters. The fourth-order valence-corrected chi connectivity index (χ4v) is 4.07. The normalized spacial score (nSPS) is 12.3. The average molecular weight is 391 g/mol. The van der Waals surface area contributed by atoms with Gasteiger partial charge >= 0.3 is 0 Å². The van der Waals surface area contributed by atoms with Crippen molar-refractivity contribution in [2.75, 3.05) is 23.7 Å². The van der Waals surface area contributed by atoms with Gasteiger partial charge in [-0.3, -0.25) is 9.10 Å². The van der Waals surface area contributed by atoms with Gasteiger partial charge in [-0.15, -0.1) is 0 Å². The minimum atomic E-state index is -3.60. The van der Waals surface area contributed by atoms with E-state index in [0.29, 0.717) is 12.3 Å². The Morgan fingerprint density at radius 3 is 2.26 bits per heavy atom. The van der Waals surface area contributed by atoms with Crippen LogP contribution in [0.4, 0.5) is 5.69 Å². The maximum Gasteiger partial charge on any atom is 0.243 e. The summed E-state index contributed by atoms with van der Waals surface area (Å²) >= 11 is 0. The van der Waals surface area contributed by atoms with Gasteiger partial charge in [-0.25, -0.2) is 8.42 Å². The molecule has 1 amide bonds. The molecule has 0 saturated carbocycles. The number of anilines is 1. The topological polar surface area (TPSA) is 75.7 Å². The van der Waals surface area contributed by atoms with E-state index in [1.54, 1.807) is 37.3 Å². The first kappa shape index (κ1) is 20.8. The van der Waals surface area contributed by atoms with Crippen molar-refractivity contribution in [1.29, 1.82) is 0 Å². The molecule has 0 heterocycles. The Balaban J connectivity index is 1.95. The second kappa shape index (κ2) is 8.90. The molecular weight excluding hydrogens is 364 g/mol. The fraction of sp³-hybridized carbons (Fsp3) is 0.350. The van der Waals surface area contributed by atoms with E-state index in [1.807, 2.05) is 26.0 Å². The lowest BCUT2D eigenvalue weighted by atomic mass is 10.1. The van der Waals surface area contributed by atoms with Gasteiger partial charge in [0.15, 0.2) is 0 Å². The number of ether oxygens (including phenoxy) is 1. The molecule has 0 unspecified atom stereocenters. The van der Waals surface area contributed by atoms with E-state index >= 15 is 0 Å². The molecule has 7 heteroatoms. The Labute approximate surface area is 161 Å². The van der Waals surface area contributed by atoms with Crippen molar-refractivity contribution in [3.63, 3.8) is 0 Å². The minimum Gasteiger partial charge on any atom is -0.492 e. The van der Waals surface area contributed by atoms with Crippen LogP contribution in [-0.4, -0.2) is 39.8 Å². The van der Waals surface area contributed by atoms with Crippen LogP contribution in [-0.2, 0) is 14.8 Å². The zero-order valence-electron chi connectivity index (χ0n) is 16.1. The molecule has 0 aliphatic heterocycles. The van der Waals surface area contributed by atoms with Crippen LogP contribution in [0.3, 0.4) is 0 Å². The van der Waals surface area contributed by atoms with Gasteiger partial charge in [0.2, 0.25) is 15.9 Å². The summed E-state index contributed by atoms with van der Waals surface area (Å²) in [5.41, 5.74) is 2.66. The van der Waals surface area contributed by atoms with Gasteiger partial charge in [0, 0.05) is 0 Å². The number of aryl methyl sites for hydroxylation is 2. The van der Waals surface area contributed by atoms with Gasteiger partial charge in [-0.05, 0) is 56.2 Å². The third-order valence-electron chi connectivity index (χ3n) is 3.96. The number of hydrogen-bond donors (Lipinski definition) is 1. The highest BCUT2D eigenvalue weighted by Crippen LogP contribution is 2.20. The highest BCUT2D eigenvalue weighted by molar-refractivity contribution is 7.92. The van der Waals surface area contributed by atoms with Crippen molar-refractivity contribution in [3.05, 3.63) is 59.7 Å². The first-order chi connectivity index (χ1) is 12.7. The monoisotopic (exact) mass is 390 g/mol. The number of benzene rings is 2. The quantitative estimate of drug-likeness (QED) is 0.703. The van der Waals surface area contributed by atoms with Crippen molar-refractivity contribution in [3.8, 4) is 5.75 Å². The molecule has 0 aromatic heterocycles. The van der Waals surface area contributed by atoms with Gasteiger partial charge in [0.1, 0.15) is 18.4 Å². The zero-order chi connectivity index (χ0) is 20.0. The number of para-hydroxylation sites is 1. The number of sulfonamides is 1. The molecule has 6 nitrogen and oxygen atoms in total. The molecule has 0 saturated heterocycles.